The summed E-state index contributed by atoms with van der Waals surface area (Å²) in [4.78, 5) is 0. The lowest BCUT2D eigenvalue weighted by Gasteiger charge is -2.08. The third-order valence-corrected chi connectivity index (χ3v) is 1.87. The van der Waals surface area contributed by atoms with Crippen molar-refractivity contribution in [3.05, 3.63) is 42.2 Å². The van der Waals surface area contributed by atoms with Crippen LogP contribution in [0.2, 0.25) is 0 Å². The lowest BCUT2D eigenvalue weighted by Crippen LogP contribution is -1.95. The van der Waals surface area contributed by atoms with Gasteiger partial charge in [-0.3, -0.25) is 0 Å². The van der Waals surface area contributed by atoms with E-state index in [1.54, 1.807) is 14.2 Å². The predicted molar refractivity (Wildman–Crippen MR) is 52.8 cm³/mol. The molecule has 0 unspecified atom stereocenters. The van der Waals surface area contributed by atoms with Crippen LogP contribution in [0.25, 0.3) is 0 Å². The molecule has 2 nitrogen and oxygen atoms in total. The molecule has 0 N–H and O–H groups in total. The second-order valence-electron chi connectivity index (χ2n) is 2.73. The fourth-order valence-electron chi connectivity index (χ4n) is 1.13. The molecule has 0 amide bonds. The van der Waals surface area contributed by atoms with Gasteiger partial charge in [0.25, 0.3) is 0 Å². The van der Waals surface area contributed by atoms with E-state index in [9.17, 15) is 0 Å². The Morgan fingerprint density at radius 2 is 2.00 bits per heavy atom. The first-order valence-corrected chi connectivity index (χ1v) is 4.11. The molecule has 2 heteroatoms. The van der Waals surface area contributed by atoms with Crippen LogP contribution in [-0.2, 0) is 11.2 Å². The summed E-state index contributed by atoms with van der Waals surface area (Å²) in [5.74, 6) is 1.62. The molecular formula is C11H14O2. The van der Waals surface area contributed by atoms with Crippen molar-refractivity contribution in [2.45, 2.75) is 6.42 Å². The van der Waals surface area contributed by atoms with Crippen molar-refractivity contribution in [3.8, 4) is 5.75 Å². The van der Waals surface area contributed by atoms with Crippen molar-refractivity contribution in [1.29, 1.82) is 0 Å². The van der Waals surface area contributed by atoms with Crippen LogP contribution in [0.5, 0.6) is 5.75 Å². The third kappa shape index (κ3) is 2.51. The average Bonchev–Trinajstić information content (AvgIpc) is 2.18. The van der Waals surface area contributed by atoms with E-state index >= 15 is 0 Å². The molecule has 0 aliphatic carbocycles. The minimum absolute atomic E-state index is 0.695. The van der Waals surface area contributed by atoms with Gasteiger partial charge >= 0.3 is 0 Å². The normalized spacial score (nSPS) is 9.38. The maximum Gasteiger partial charge on any atom is 0.122 e. The van der Waals surface area contributed by atoms with Crippen LogP contribution in [0.15, 0.2) is 36.6 Å². The van der Waals surface area contributed by atoms with E-state index in [2.05, 4.69) is 6.58 Å². The molecule has 0 aromatic heterocycles. The molecule has 0 radical (unpaired) electrons. The molecule has 0 fully saturated rings. The maximum atomic E-state index is 5.19. The number of methoxy groups -OCH3 is 2. The number of rotatable bonds is 4. The first-order chi connectivity index (χ1) is 6.27. The van der Waals surface area contributed by atoms with Gasteiger partial charge in [0, 0.05) is 12.0 Å². The van der Waals surface area contributed by atoms with Crippen LogP contribution in [0.4, 0.5) is 0 Å². The molecule has 0 aliphatic rings. The van der Waals surface area contributed by atoms with Crippen LogP contribution in [0.1, 0.15) is 5.56 Å². The molecule has 0 atom stereocenters. The van der Waals surface area contributed by atoms with Gasteiger partial charge in [0.2, 0.25) is 0 Å². The Balaban J connectivity index is 2.81. The van der Waals surface area contributed by atoms with E-state index in [4.69, 9.17) is 9.47 Å². The van der Waals surface area contributed by atoms with E-state index in [1.165, 1.54) is 0 Å². The Bertz CT molecular complexity index is 292. The van der Waals surface area contributed by atoms with Gasteiger partial charge in [-0.05, 0) is 6.07 Å². The smallest absolute Gasteiger partial charge is 0.122 e. The molecule has 0 aliphatic heterocycles. The summed E-state index contributed by atoms with van der Waals surface area (Å²) in [6, 6.07) is 7.85. The van der Waals surface area contributed by atoms with E-state index in [-0.39, 0.29) is 0 Å². The van der Waals surface area contributed by atoms with E-state index in [0.717, 1.165) is 17.1 Å². The molecule has 1 aromatic rings. The van der Waals surface area contributed by atoms with Gasteiger partial charge in [-0.15, -0.1) is 0 Å². The quantitative estimate of drug-likeness (QED) is 0.659. The summed E-state index contributed by atoms with van der Waals surface area (Å²) in [7, 11) is 3.28. The average molecular weight is 178 g/mol. The van der Waals surface area contributed by atoms with E-state index in [0.29, 0.717) is 6.42 Å². The molecule has 13 heavy (non-hydrogen) atoms. The first-order valence-electron chi connectivity index (χ1n) is 4.11. The zero-order valence-corrected chi connectivity index (χ0v) is 8.04. The number of hydrogen-bond acceptors (Lipinski definition) is 2. The molecule has 70 valence electrons. The van der Waals surface area contributed by atoms with Gasteiger partial charge in [0.05, 0.1) is 20.0 Å². The molecule has 0 spiro atoms. The van der Waals surface area contributed by atoms with Crippen LogP contribution in [-0.4, -0.2) is 14.2 Å². The Hall–Kier alpha value is -1.44. The highest BCUT2D eigenvalue weighted by atomic mass is 16.5. The SMILES string of the molecule is C=C(Cc1ccccc1OC)OC. The third-order valence-electron chi connectivity index (χ3n) is 1.87. The minimum Gasteiger partial charge on any atom is -0.501 e. The first kappa shape index (κ1) is 9.65. The summed E-state index contributed by atoms with van der Waals surface area (Å²) in [5, 5.41) is 0. The molecule has 0 saturated heterocycles. The monoisotopic (exact) mass is 178 g/mol. The lowest BCUT2D eigenvalue weighted by atomic mass is 10.1. The summed E-state index contributed by atoms with van der Waals surface area (Å²) in [6.07, 6.45) is 0.695. The summed E-state index contributed by atoms with van der Waals surface area (Å²) in [5.41, 5.74) is 1.09. The highest BCUT2D eigenvalue weighted by Gasteiger charge is 2.02. The van der Waals surface area contributed by atoms with Gasteiger partial charge in [-0.2, -0.15) is 0 Å². The number of allylic oxidation sites excluding steroid dienone is 1. The van der Waals surface area contributed by atoms with Crippen molar-refractivity contribution in [2.24, 2.45) is 0 Å². The molecular weight excluding hydrogens is 164 g/mol. The van der Waals surface area contributed by atoms with Crippen molar-refractivity contribution in [3.63, 3.8) is 0 Å². The number of ether oxygens (including phenoxy) is 2. The number of benzene rings is 1. The molecule has 0 heterocycles. The highest BCUT2D eigenvalue weighted by molar-refractivity contribution is 5.35. The Labute approximate surface area is 78.8 Å². The fraction of sp³-hybridized carbons (Fsp3) is 0.273. The van der Waals surface area contributed by atoms with E-state index < -0.39 is 0 Å². The summed E-state index contributed by atoms with van der Waals surface area (Å²) in [6.45, 7) is 3.77. The van der Waals surface area contributed by atoms with Gasteiger partial charge in [0.15, 0.2) is 0 Å². The Kier molecular flexibility index (Phi) is 3.38. The second kappa shape index (κ2) is 4.55. The fourth-order valence-corrected chi connectivity index (χ4v) is 1.13. The predicted octanol–water partition coefficient (Wildman–Crippen LogP) is 2.40. The summed E-state index contributed by atoms with van der Waals surface area (Å²) < 4.78 is 10.2. The van der Waals surface area contributed by atoms with Crippen LogP contribution < -0.4 is 4.74 Å². The number of para-hydroxylation sites is 1. The largest absolute Gasteiger partial charge is 0.501 e. The van der Waals surface area contributed by atoms with Gasteiger partial charge < -0.3 is 9.47 Å². The molecule has 1 rings (SSSR count). The zero-order chi connectivity index (χ0) is 9.68. The van der Waals surface area contributed by atoms with E-state index in [1.807, 2.05) is 24.3 Å². The molecule has 0 saturated carbocycles. The Morgan fingerprint density at radius 3 is 2.62 bits per heavy atom. The van der Waals surface area contributed by atoms with Crippen LogP contribution in [0.3, 0.4) is 0 Å². The molecule has 1 aromatic carbocycles. The van der Waals surface area contributed by atoms with Crippen molar-refractivity contribution in [2.75, 3.05) is 14.2 Å². The van der Waals surface area contributed by atoms with Crippen molar-refractivity contribution in [1.82, 2.24) is 0 Å². The van der Waals surface area contributed by atoms with Crippen molar-refractivity contribution < 1.29 is 9.47 Å². The number of hydrogen-bond donors (Lipinski definition) is 0. The topological polar surface area (TPSA) is 18.5 Å². The maximum absolute atomic E-state index is 5.19. The van der Waals surface area contributed by atoms with Crippen molar-refractivity contribution >= 4 is 0 Å². The molecule has 0 bridgehead atoms. The summed E-state index contributed by atoms with van der Waals surface area (Å²) >= 11 is 0. The van der Waals surface area contributed by atoms with Gasteiger partial charge in [-0.25, -0.2) is 0 Å². The lowest BCUT2D eigenvalue weighted by molar-refractivity contribution is 0.284. The zero-order valence-electron chi connectivity index (χ0n) is 8.04. The van der Waals surface area contributed by atoms with Gasteiger partial charge in [-0.1, -0.05) is 24.8 Å². The second-order valence-corrected chi connectivity index (χ2v) is 2.73. The standard InChI is InChI=1S/C11H14O2/c1-9(12-2)8-10-6-4-5-7-11(10)13-3/h4-7H,1,8H2,2-3H3. The van der Waals surface area contributed by atoms with Crippen LogP contribution >= 0.6 is 0 Å². The highest BCUT2D eigenvalue weighted by Crippen LogP contribution is 2.19. The minimum atomic E-state index is 0.695. The van der Waals surface area contributed by atoms with Gasteiger partial charge in [0.1, 0.15) is 5.75 Å². The Morgan fingerprint density at radius 1 is 1.31 bits per heavy atom. The van der Waals surface area contributed by atoms with Crippen LogP contribution in [0, 0.1) is 0 Å².